The number of rotatable bonds is 8. The van der Waals surface area contributed by atoms with Gasteiger partial charge < -0.3 is 19.9 Å². The van der Waals surface area contributed by atoms with Gasteiger partial charge in [-0.15, -0.1) is 0 Å². The van der Waals surface area contributed by atoms with Crippen molar-refractivity contribution in [2.45, 2.75) is 6.54 Å². The van der Waals surface area contributed by atoms with Crippen molar-refractivity contribution in [1.82, 2.24) is 9.97 Å². The highest BCUT2D eigenvalue weighted by atomic mass is 16.5. The number of hydrogen-bond donors (Lipinski definition) is 2. The Labute approximate surface area is 156 Å². The van der Waals surface area contributed by atoms with Crippen molar-refractivity contribution < 1.29 is 19.4 Å². The van der Waals surface area contributed by atoms with Gasteiger partial charge in [-0.3, -0.25) is 0 Å². The third-order valence-corrected chi connectivity index (χ3v) is 3.73. The second-order valence-electron chi connectivity index (χ2n) is 5.67. The van der Waals surface area contributed by atoms with E-state index in [-0.39, 0.29) is 5.88 Å². The molecule has 0 fully saturated rings. The largest absolute Gasteiger partial charge is 0.497 e. The Morgan fingerprint density at radius 2 is 1.81 bits per heavy atom. The summed E-state index contributed by atoms with van der Waals surface area (Å²) in [5.74, 6) is 0.206. The number of aliphatic carboxylic acids is 1. The van der Waals surface area contributed by atoms with E-state index in [0.29, 0.717) is 18.2 Å². The van der Waals surface area contributed by atoms with Gasteiger partial charge in [-0.1, -0.05) is 30.3 Å². The zero-order valence-corrected chi connectivity index (χ0v) is 14.8. The normalized spacial score (nSPS) is 10.3. The number of nitrogens with zero attached hydrogens (tertiary/aromatic N) is 2. The highest BCUT2D eigenvalue weighted by Gasteiger charge is 2.10. The van der Waals surface area contributed by atoms with E-state index < -0.39 is 12.6 Å². The van der Waals surface area contributed by atoms with E-state index in [1.807, 2.05) is 54.6 Å². The molecule has 2 aromatic carbocycles. The molecule has 3 aromatic rings. The van der Waals surface area contributed by atoms with Crippen LogP contribution in [-0.4, -0.2) is 34.8 Å². The zero-order valence-electron chi connectivity index (χ0n) is 14.8. The van der Waals surface area contributed by atoms with E-state index in [0.717, 1.165) is 16.9 Å². The molecule has 0 amide bonds. The number of aromatic nitrogens is 2. The molecule has 0 unspecified atom stereocenters. The van der Waals surface area contributed by atoms with Gasteiger partial charge in [-0.25, -0.2) is 9.78 Å². The van der Waals surface area contributed by atoms with Crippen molar-refractivity contribution in [3.63, 3.8) is 0 Å². The zero-order chi connectivity index (χ0) is 19.1. The third kappa shape index (κ3) is 5.18. The van der Waals surface area contributed by atoms with E-state index in [4.69, 9.17) is 14.6 Å². The van der Waals surface area contributed by atoms with Crippen LogP contribution in [0.1, 0.15) is 5.56 Å². The number of nitrogens with one attached hydrogen (secondary N) is 1. The van der Waals surface area contributed by atoms with Crippen molar-refractivity contribution in [3.05, 3.63) is 66.2 Å². The van der Waals surface area contributed by atoms with Crippen LogP contribution < -0.4 is 14.8 Å². The van der Waals surface area contributed by atoms with E-state index >= 15 is 0 Å². The fourth-order valence-corrected chi connectivity index (χ4v) is 2.40. The van der Waals surface area contributed by atoms with Gasteiger partial charge in [0.1, 0.15) is 5.75 Å². The molecular formula is C20H19N3O4. The average molecular weight is 365 g/mol. The molecule has 1 aromatic heterocycles. The number of anilines is 1. The topological polar surface area (TPSA) is 93.6 Å². The van der Waals surface area contributed by atoms with E-state index in [1.54, 1.807) is 13.2 Å². The van der Waals surface area contributed by atoms with Crippen LogP contribution in [0, 0.1) is 0 Å². The van der Waals surface area contributed by atoms with Gasteiger partial charge in [0.2, 0.25) is 11.8 Å². The molecule has 0 saturated carbocycles. The van der Waals surface area contributed by atoms with Crippen LogP contribution in [0.25, 0.3) is 11.3 Å². The van der Waals surface area contributed by atoms with E-state index in [2.05, 4.69) is 15.3 Å². The Bertz CT molecular complexity index is 899. The lowest BCUT2D eigenvalue weighted by Crippen LogP contribution is -2.12. The number of carboxylic acid groups (broad SMARTS) is 1. The summed E-state index contributed by atoms with van der Waals surface area (Å²) in [4.78, 5) is 19.6. The van der Waals surface area contributed by atoms with Gasteiger partial charge in [0.25, 0.3) is 0 Å². The minimum Gasteiger partial charge on any atom is -0.497 e. The summed E-state index contributed by atoms with van der Waals surface area (Å²) in [7, 11) is 1.60. The summed E-state index contributed by atoms with van der Waals surface area (Å²) in [5, 5.41) is 12.0. The summed E-state index contributed by atoms with van der Waals surface area (Å²) in [6, 6.07) is 18.8. The molecule has 0 bridgehead atoms. The molecule has 27 heavy (non-hydrogen) atoms. The Hall–Kier alpha value is -3.61. The number of carbonyl (C=O) groups is 1. The SMILES string of the molecule is COc1ccc(-c2cc(OCC(=O)O)nc(NCc3ccccc3)n2)cc1. The number of methoxy groups -OCH3 is 1. The fourth-order valence-electron chi connectivity index (χ4n) is 2.40. The van der Waals surface area contributed by atoms with Gasteiger partial charge in [-0.05, 0) is 29.8 Å². The fraction of sp³-hybridized carbons (Fsp3) is 0.150. The molecule has 0 aliphatic heterocycles. The highest BCUT2D eigenvalue weighted by molar-refractivity contribution is 5.68. The lowest BCUT2D eigenvalue weighted by Gasteiger charge is -2.11. The lowest BCUT2D eigenvalue weighted by molar-refractivity contribution is -0.139. The Kier molecular flexibility index (Phi) is 5.84. The lowest BCUT2D eigenvalue weighted by atomic mass is 10.1. The van der Waals surface area contributed by atoms with Gasteiger partial charge in [0, 0.05) is 18.2 Å². The van der Waals surface area contributed by atoms with Gasteiger partial charge in [0.05, 0.1) is 12.8 Å². The van der Waals surface area contributed by atoms with Crippen molar-refractivity contribution in [3.8, 4) is 22.9 Å². The molecule has 138 valence electrons. The minimum atomic E-state index is -1.07. The highest BCUT2D eigenvalue weighted by Crippen LogP contribution is 2.25. The average Bonchev–Trinajstić information content (AvgIpc) is 2.71. The van der Waals surface area contributed by atoms with Crippen LogP contribution in [-0.2, 0) is 11.3 Å². The Morgan fingerprint density at radius 3 is 2.48 bits per heavy atom. The van der Waals surface area contributed by atoms with Crippen molar-refractivity contribution >= 4 is 11.9 Å². The quantitative estimate of drug-likeness (QED) is 0.633. The first kappa shape index (κ1) is 18.2. The van der Waals surface area contributed by atoms with E-state index in [9.17, 15) is 4.79 Å². The van der Waals surface area contributed by atoms with Crippen LogP contribution in [0.4, 0.5) is 5.95 Å². The Morgan fingerprint density at radius 1 is 1.07 bits per heavy atom. The first-order valence-electron chi connectivity index (χ1n) is 8.30. The second kappa shape index (κ2) is 8.66. The maximum absolute atomic E-state index is 10.8. The summed E-state index contributed by atoms with van der Waals surface area (Å²) in [6.07, 6.45) is 0. The molecule has 0 aliphatic rings. The molecular weight excluding hydrogens is 346 g/mol. The first-order chi connectivity index (χ1) is 13.1. The van der Waals surface area contributed by atoms with Crippen molar-refractivity contribution in [2.75, 3.05) is 19.0 Å². The first-order valence-corrected chi connectivity index (χ1v) is 8.30. The third-order valence-electron chi connectivity index (χ3n) is 3.73. The monoisotopic (exact) mass is 365 g/mol. The van der Waals surface area contributed by atoms with Crippen LogP contribution in [0.5, 0.6) is 11.6 Å². The Balaban J connectivity index is 1.86. The number of ether oxygens (including phenoxy) is 2. The van der Waals surface area contributed by atoms with Gasteiger partial charge >= 0.3 is 5.97 Å². The van der Waals surface area contributed by atoms with Gasteiger partial charge in [0.15, 0.2) is 6.61 Å². The molecule has 0 radical (unpaired) electrons. The molecule has 1 heterocycles. The summed E-state index contributed by atoms with van der Waals surface area (Å²) >= 11 is 0. The standard InChI is InChI=1S/C20H19N3O4/c1-26-16-9-7-15(8-10-16)17-11-18(27-13-19(24)25)23-20(22-17)21-12-14-5-3-2-4-6-14/h2-11H,12-13H2,1H3,(H,24,25)(H,21,22,23). The maximum Gasteiger partial charge on any atom is 0.341 e. The molecule has 2 N–H and O–H groups in total. The van der Waals surface area contributed by atoms with Crippen molar-refractivity contribution in [1.29, 1.82) is 0 Å². The number of hydrogen-bond acceptors (Lipinski definition) is 6. The number of benzene rings is 2. The molecule has 0 saturated heterocycles. The predicted molar refractivity (Wildman–Crippen MR) is 101 cm³/mol. The maximum atomic E-state index is 10.8. The van der Waals surface area contributed by atoms with Crippen LogP contribution >= 0.6 is 0 Å². The molecule has 7 heteroatoms. The molecule has 7 nitrogen and oxygen atoms in total. The molecule has 3 rings (SSSR count). The summed E-state index contributed by atoms with van der Waals surface area (Å²) in [5.41, 5.74) is 2.52. The molecule has 0 aliphatic carbocycles. The predicted octanol–water partition coefficient (Wildman–Crippen LogP) is 3.23. The molecule has 0 atom stereocenters. The number of carboxylic acids is 1. The summed E-state index contributed by atoms with van der Waals surface area (Å²) in [6.45, 7) is 0.0580. The van der Waals surface area contributed by atoms with Crippen LogP contribution in [0.3, 0.4) is 0 Å². The smallest absolute Gasteiger partial charge is 0.341 e. The minimum absolute atomic E-state index is 0.189. The van der Waals surface area contributed by atoms with Gasteiger partial charge in [-0.2, -0.15) is 4.98 Å². The van der Waals surface area contributed by atoms with E-state index in [1.165, 1.54) is 0 Å². The molecule has 0 spiro atoms. The van der Waals surface area contributed by atoms with Crippen LogP contribution in [0.2, 0.25) is 0 Å². The van der Waals surface area contributed by atoms with Crippen molar-refractivity contribution in [2.24, 2.45) is 0 Å². The summed E-state index contributed by atoms with van der Waals surface area (Å²) < 4.78 is 10.4. The second-order valence-corrected chi connectivity index (χ2v) is 5.67. The van der Waals surface area contributed by atoms with Crippen LogP contribution in [0.15, 0.2) is 60.7 Å².